The molecule has 0 aliphatic rings. The van der Waals surface area contributed by atoms with E-state index in [4.69, 9.17) is 32.7 Å². The van der Waals surface area contributed by atoms with Gasteiger partial charge in [0.15, 0.2) is 5.75 Å². The highest BCUT2D eigenvalue weighted by Gasteiger charge is 2.09. The van der Waals surface area contributed by atoms with Crippen molar-refractivity contribution < 1.29 is 14.6 Å². The summed E-state index contributed by atoms with van der Waals surface area (Å²) in [5.41, 5.74) is 0. The number of hydrogen-bond donors (Lipinski definition) is 1. The van der Waals surface area contributed by atoms with Gasteiger partial charge in [0.25, 0.3) is 0 Å². The summed E-state index contributed by atoms with van der Waals surface area (Å²) < 4.78 is 10.7. The molecule has 1 aromatic carbocycles. The maximum absolute atomic E-state index is 9.26. The van der Waals surface area contributed by atoms with Crippen LogP contribution in [-0.2, 0) is 4.74 Å². The molecular formula is C13H16Cl2O3. The third kappa shape index (κ3) is 5.17. The number of hydrogen-bond acceptors (Lipinski definition) is 3. The first-order valence-electron chi connectivity index (χ1n) is 5.64. The fourth-order valence-electron chi connectivity index (χ4n) is 1.33. The molecule has 3 nitrogen and oxygen atoms in total. The zero-order valence-corrected chi connectivity index (χ0v) is 11.5. The molecule has 0 aromatic heterocycles. The van der Waals surface area contributed by atoms with E-state index in [1.165, 1.54) is 12.1 Å². The molecule has 0 bridgehead atoms. The lowest BCUT2D eigenvalue weighted by Crippen LogP contribution is -2.01. The smallest absolute Gasteiger partial charge is 0.156 e. The van der Waals surface area contributed by atoms with Gasteiger partial charge >= 0.3 is 0 Å². The first-order chi connectivity index (χ1) is 8.65. The summed E-state index contributed by atoms with van der Waals surface area (Å²) in [5, 5.41) is 9.88. The van der Waals surface area contributed by atoms with Crippen molar-refractivity contribution in [1.82, 2.24) is 0 Å². The van der Waals surface area contributed by atoms with Gasteiger partial charge in [-0.1, -0.05) is 29.3 Å². The van der Waals surface area contributed by atoms with E-state index in [1.54, 1.807) is 6.08 Å². The van der Waals surface area contributed by atoms with Gasteiger partial charge in [-0.05, 0) is 12.8 Å². The second-order valence-electron chi connectivity index (χ2n) is 3.66. The molecular weight excluding hydrogens is 275 g/mol. The van der Waals surface area contributed by atoms with Crippen LogP contribution in [0.3, 0.4) is 0 Å². The monoisotopic (exact) mass is 290 g/mol. The summed E-state index contributed by atoms with van der Waals surface area (Å²) in [7, 11) is 0. The summed E-state index contributed by atoms with van der Waals surface area (Å²) in [6.45, 7) is 5.30. The van der Waals surface area contributed by atoms with E-state index < -0.39 is 0 Å². The molecule has 0 aliphatic heterocycles. The zero-order chi connectivity index (χ0) is 13.4. The summed E-state index contributed by atoms with van der Waals surface area (Å²) in [6.07, 6.45) is 3.44. The van der Waals surface area contributed by atoms with Gasteiger partial charge < -0.3 is 14.6 Å². The van der Waals surface area contributed by atoms with Gasteiger partial charge in [-0.15, -0.1) is 6.58 Å². The van der Waals surface area contributed by atoms with Crippen molar-refractivity contribution in [1.29, 1.82) is 0 Å². The Morgan fingerprint density at radius 3 is 2.39 bits per heavy atom. The molecule has 5 heteroatoms. The quantitative estimate of drug-likeness (QED) is 0.580. The van der Waals surface area contributed by atoms with Gasteiger partial charge in [0.1, 0.15) is 5.75 Å². The lowest BCUT2D eigenvalue weighted by atomic mass is 10.3. The number of unbranched alkanes of at least 4 members (excludes halogenated alkanes) is 1. The third-order valence-electron chi connectivity index (χ3n) is 2.15. The molecule has 0 spiro atoms. The molecule has 1 N–H and O–H groups in total. The van der Waals surface area contributed by atoms with Gasteiger partial charge in [0.2, 0.25) is 0 Å². The summed E-state index contributed by atoms with van der Waals surface area (Å²) in [4.78, 5) is 0. The van der Waals surface area contributed by atoms with Crippen LogP contribution in [0.1, 0.15) is 12.8 Å². The lowest BCUT2D eigenvalue weighted by molar-refractivity contribution is 0.152. The molecule has 1 rings (SSSR count). The van der Waals surface area contributed by atoms with Crippen LogP contribution in [0.2, 0.25) is 10.0 Å². The summed E-state index contributed by atoms with van der Waals surface area (Å²) in [5.74, 6) is 0.429. The number of rotatable bonds is 8. The number of phenolic OH excluding ortho intramolecular Hbond substituents is 1. The maximum atomic E-state index is 9.26. The molecule has 0 heterocycles. The highest BCUT2D eigenvalue weighted by molar-refractivity contribution is 6.37. The molecule has 0 atom stereocenters. The van der Waals surface area contributed by atoms with Crippen LogP contribution < -0.4 is 4.74 Å². The van der Waals surface area contributed by atoms with Crippen molar-refractivity contribution >= 4 is 23.2 Å². The van der Waals surface area contributed by atoms with Crippen LogP contribution in [-0.4, -0.2) is 24.9 Å². The van der Waals surface area contributed by atoms with Gasteiger partial charge in [-0.25, -0.2) is 0 Å². The van der Waals surface area contributed by atoms with Gasteiger partial charge in [0.05, 0.1) is 23.3 Å². The molecule has 0 saturated carbocycles. The van der Waals surface area contributed by atoms with Crippen LogP contribution in [0.4, 0.5) is 0 Å². The minimum Gasteiger partial charge on any atom is -0.508 e. The topological polar surface area (TPSA) is 38.7 Å². The maximum Gasteiger partial charge on any atom is 0.156 e. The Bertz CT molecular complexity index is 371. The minimum absolute atomic E-state index is 0.0233. The molecule has 0 unspecified atom stereocenters. The molecule has 1 aromatic rings. The minimum atomic E-state index is 0.0233. The zero-order valence-electron chi connectivity index (χ0n) is 9.99. The molecule has 0 radical (unpaired) electrons. The molecule has 0 saturated heterocycles. The number of aromatic hydroxyl groups is 1. The predicted molar refractivity (Wildman–Crippen MR) is 73.9 cm³/mol. The summed E-state index contributed by atoms with van der Waals surface area (Å²) >= 11 is 11.8. The van der Waals surface area contributed by atoms with E-state index in [9.17, 15) is 5.11 Å². The molecule has 100 valence electrons. The van der Waals surface area contributed by atoms with Crippen molar-refractivity contribution in [3.05, 3.63) is 34.8 Å². The Hall–Kier alpha value is -0.900. The van der Waals surface area contributed by atoms with Crippen LogP contribution in [0.5, 0.6) is 11.5 Å². The molecule has 0 amide bonds. The average molecular weight is 291 g/mol. The first kappa shape index (κ1) is 15.2. The second-order valence-corrected chi connectivity index (χ2v) is 4.47. The standard InChI is InChI=1S/C13H16Cl2O3/c1-2-5-17-6-3-4-7-18-13-11(14)8-10(16)9-12(13)15/h2,8-9,16H,1,3-7H2. The van der Waals surface area contributed by atoms with Crippen LogP contribution >= 0.6 is 23.2 Å². The van der Waals surface area contributed by atoms with E-state index in [0.29, 0.717) is 35.6 Å². The van der Waals surface area contributed by atoms with E-state index in [0.717, 1.165) is 12.8 Å². The normalized spacial score (nSPS) is 10.3. The Morgan fingerprint density at radius 1 is 1.17 bits per heavy atom. The van der Waals surface area contributed by atoms with Gasteiger partial charge in [-0.3, -0.25) is 0 Å². The molecule has 18 heavy (non-hydrogen) atoms. The SMILES string of the molecule is C=CCOCCCCOc1c(Cl)cc(O)cc1Cl. The largest absolute Gasteiger partial charge is 0.508 e. The molecule has 0 aliphatic carbocycles. The van der Waals surface area contributed by atoms with Crippen molar-refractivity contribution in [2.45, 2.75) is 12.8 Å². The number of ether oxygens (including phenoxy) is 2. The van der Waals surface area contributed by atoms with Gasteiger partial charge in [0, 0.05) is 18.7 Å². The van der Waals surface area contributed by atoms with Crippen LogP contribution in [0.15, 0.2) is 24.8 Å². The van der Waals surface area contributed by atoms with Crippen molar-refractivity contribution in [2.75, 3.05) is 19.8 Å². The number of phenols is 1. The molecule has 0 fully saturated rings. The third-order valence-corrected chi connectivity index (χ3v) is 2.71. The van der Waals surface area contributed by atoms with Crippen molar-refractivity contribution in [3.63, 3.8) is 0 Å². The number of benzene rings is 1. The average Bonchev–Trinajstić information content (AvgIpc) is 2.30. The Balaban J connectivity index is 2.29. The van der Waals surface area contributed by atoms with E-state index >= 15 is 0 Å². The van der Waals surface area contributed by atoms with E-state index in [1.807, 2.05) is 0 Å². The lowest BCUT2D eigenvalue weighted by Gasteiger charge is -2.10. The van der Waals surface area contributed by atoms with Crippen LogP contribution in [0, 0.1) is 0 Å². The second kappa shape index (κ2) is 8.25. The Kier molecular flexibility index (Phi) is 6.94. The van der Waals surface area contributed by atoms with E-state index in [2.05, 4.69) is 6.58 Å². The van der Waals surface area contributed by atoms with E-state index in [-0.39, 0.29) is 5.75 Å². The number of halogens is 2. The van der Waals surface area contributed by atoms with Gasteiger partial charge in [-0.2, -0.15) is 0 Å². The van der Waals surface area contributed by atoms with Crippen LogP contribution in [0.25, 0.3) is 0 Å². The van der Waals surface area contributed by atoms with Crippen molar-refractivity contribution in [2.24, 2.45) is 0 Å². The Labute approximate surface area is 117 Å². The Morgan fingerprint density at radius 2 is 1.78 bits per heavy atom. The summed E-state index contributed by atoms with van der Waals surface area (Å²) in [6, 6.07) is 2.80. The first-order valence-corrected chi connectivity index (χ1v) is 6.40. The fourth-order valence-corrected chi connectivity index (χ4v) is 1.92. The predicted octanol–water partition coefficient (Wildman–Crippen LogP) is 4.06. The highest BCUT2D eigenvalue weighted by atomic mass is 35.5. The fraction of sp³-hybridized carbons (Fsp3) is 0.385. The highest BCUT2D eigenvalue weighted by Crippen LogP contribution is 2.36. The van der Waals surface area contributed by atoms with Crippen molar-refractivity contribution in [3.8, 4) is 11.5 Å².